The molecule has 0 radical (unpaired) electrons. The zero-order chi connectivity index (χ0) is 33.8. The summed E-state index contributed by atoms with van der Waals surface area (Å²) >= 11 is 0. The van der Waals surface area contributed by atoms with E-state index >= 15 is 0 Å². The third kappa shape index (κ3) is 7.27. The highest BCUT2D eigenvalue weighted by molar-refractivity contribution is 6.23. The molecule has 2 aromatic rings. The molecule has 4 atom stereocenters. The minimum absolute atomic E-state index is 0.0429. The molecule has 6 rings (SSSR count). The predicted molar refractivity (Wildman–Crippen MR) is 176 cm³/mol. The van der Waals surface area contributed by atoms with Crippen molar-refractivity contribution in [2.75, 3.05) is 11.5 Å². The molecule has 4 aliphatic rings. The standard InChI is InChI=1S/C38H42N2O8/c1-2-3-4-23-5-12-26(13-6-23)38(46)48-29-16-9-24(10-17-29)11-18-32(42)47-20-19-25-7-14-28(15-8-25)40-36(44)30-21-27-22-31(41)39-35(43)33(27)34(30)37(40)45/h7-11,14-18,23,26-27,30,33-34H,2-6,12-13,19-22H2,1H3,(H,39,41,43)/b18-11+. The number of fused-ring (bicyclic) bond motifs is 3. The lowest BCUT2D eigenvalue weighted by atomic mass is 9.80. The van der Waals surface area contributed by atoms with E-state index in [0.717, 1.165) is 47.6 Å². The monoisotopic (exact) mass is 654 g/mol. The average molecular weight is 655 g/mol. The highest BCUT2D eigenvalue weighted by Gasteiger charge is 2.61. The van der Waals surface area contributed by atoms with Crippen molar-refractivity contribution in [1.29, 1.82) is 0 Å². The number of carbonyl (C=O) groups excluding carboxylic acids is 6. The molecule has 0 aromatic heterocycles. The van der Waals surface area contributed by atoms with Crippen LogP contribution in [0.4, 0.5) is 5.69 Å². The van der Waals surface area contributed by atoms with Crippen LogP contribution in [0.1, 0.15) is 75.8 Å². The van der Waals surface area contributed by atoms with Crippen LogP contribution in [-0.2, 0) is 39.9 Å². The Morgan fingerprint density at radius 3 is 2.35 bits per heavy atom. The van der Waals surface area contributed by atoms with Crippen LogP contribution >= 0.6 is 0 Å². The normalized spacial score (nSPS) is 26.7. The first-order chi connectivity index (χ1) is 23.2. The van der Waals surface area contributed by atoms with E-state index in [1.807, 2.05) is 0 Å². The van der Waals surface area contributed by atoms with E-state index < -0.39 is 35.5 Å². The van der Waals surface area contributed by atoms with Crippen molar-refractivity contribution >= 4 is 47.3 Å². The molecule has 0 spiro atoms. The Hall–Kier alpha value is -4.60. The second-order valence-corrected chi connectivity index (χ2v) is 13.5. The number of unbranched alkanes of at least 4 members (excludes halogenated alkanes) is 1. The number of nitrogens with one attached hydrogen (secondary N) is 1. The number of anilines is 1. The first kappa shape index (κ1) is 33.3. The van der Waals surface area contributed by atoms with Gasteiger partial charge in [-0.2, -0.15) is 0 Å². The molecule has 4 unspecified atom stereocenters. The second-order valence-electron chi connectivity index (χ2n) is 13.5. The number of esters is 2. The van der Waals surface area contributed by atoms with Crippen LogP contribution < -0.4 is 15.0 Å². The molecule has 0 bridgehead atoms. The fourth-order valence-electron chi connectivity index (χ4n) is 7.84. The molecule has 4 fully saturated rings. The lowest BCUT2D eigenvalue weighted by Gasteiger charge is -2.27. The van der Waals surface area contributed by atoms with Gasteiger partial charge in [0, 0.05) is 18.9 Å². The maximum Gasteiger partial charge on any atom is 0.330 e. The van der Waals surface area contributed by atoms with E-state index in [-0.39, 0.29) is 42.6 Å². The summed E-state index contributed by atoms with van der Waals surface area (Å²) in [5, 5.41) is 2.31. The molecule has 2 heterocycles. The summed E-state index contributed by atoms with van der Waals surface area (Å²) in [7, 11) is 0. The number of nitrogens with zero attached hydrogens (tertiary/aromatic N) is 1. The quantitative estimate of drug-likeness (QED) is 0.152. The molecular formula is C38H42N2O8. The summed E-state index contributed by atoms with van der Waals surface area (Å²) in [4.78, 5) is 76.8. The van der Waals surface area contributed by atoms with Crippen LogP contribution in [0, 0.1) is 35.5 Å². The summed E-state index contributed by atoms with van der Waals surface area (Å²) in [5.41, 5.74) is 2.05. The SMILES string of the molecule is CCCCC1CCC(C(=O)Oc2ccc(/C=C/C(=O)OCCc3ccc(N4C(=O)C5CC6CC(=O)NC(=O)C6C5C4=O)cc3)cc2)CC1. The number of ether oxygens (including phenoxy) is 2. The molecule has 48 heavy (non-hydrogen) atoms. The fourth-order valence-corrected chi connectivity index (χ4v) is 7.84. The van der Waals surface area contributed by atoms with Gasteiger partial charge >= 0.3 is 11.9 Å². The van der Waals surface area contributed by atoms with Crippen molar-refractivity contribution < 1.29 is 38.2 Å². The van der Waals surface area contributed by atoms with E-state index in [9.17, 15) is 28.8 Å². The Balaban J connectivity index is 0.930. The summed E-state index contributed by atoms with van der Waals surface area (Å²) < 4.78 is 11.0. The first-order valence-corrected chi connectivity index (χ1v) is 17.2. The van der Waals surface area contributed by atoms with Crippen LogP contribution in [-0.4, -0.2) is 42.2 Å². The Morgan fingerprint density at radius 2 is 1.65 bits per heavy atom. The van der Waals surface area contributed by atoms with Crippen LogP contribution in [0.15, 0.2) is 54.6 Å². The number of hydrogen-bond donors (Lipinski definition) is 1. The van der Waals surface area contributed by atoms with E-state index in [2.05, 4.69) is 12.2 Å². The molecule has 2 aliphatic carbocycles. The second kappa shape index (κ2) is 14.7. The molecule has 1 N–H and O–H groups in total. The molecule has 10 nitrogen and oxygen atoms in total. The van der Waals surface area contributed by atoms with Crippen LogP contribution in [0.5, 0.6) is 5.75 Å². The van der Waals surface area contributed by atoms with E-state index in [1.165, 1.54) is 25.3 Å². The molecule has 2 aliphatic heterocycles. The Labute approximate surface area is 280 Å². The summed E-state index contributed by atoms with van der Waals surface area (Å²) in [6.07, 6.45) is 11.6. The van der Waals surface area contributed by atoms with Gasteiger partial charge in [0.2, 0.25) is 23.6 Å². The van der Waals surface area contributed by atoms with Crippen molar-refractivity contribution in [1.82, 2.24) is 5.32 Å². The van der Waals surface area contributed by atoms with Gasteiger partial charge in [-0.15, -0.1) is 0 Å². The Kier molecular flexibility index (Phi) is 10.2. The Bertz CT molecular complexity index is 1590. The highest BCUT2D eigenvalue weighted by atomic mass is 16.5. The minimum Gasteiger partial charge on any atom is -0.462 e. The predicted octanol–water partition coefficient (Wildman–Crippen LogP) is 5.18. The van der Waals surface area contributed by atoms with Crippen LogP contribution in [0.25, 0.3) is 6.08 Å². The molecule has 10 heteroatoms. The fraction of sp³-hybridized carbons (Fsp3) is 0.474. The number of hydrogen-bond acceptors (Lipinski definition) is 8. The van der Waals surface area contributed by atoms with Crippen molar-refractivity contribution in [2.24, 2.45) is 35.5 Å². The molecular weight excluding hydrogens is 612 g/mol. The van der Waals surface area contributed by atoms with Gasteiger partial charge < -0.3 is 9.47 Å². The third-order valence-electron chi connectivity index (χ3n) is 10.4. The van der Waals surface area contributed by atoms with Crippen molar-refractivity contribution in [3.8, 4) is 5.75 Å². The van der Waals surface area contributed by atoms with Gasteiger partial charge in [0.15, 0.2) is 0 Å². The van der Waals surface area contributed by atoms with E-state index in [1.54, 1.807) is 54.6 Å². The number of rotatable bonds is 11. The maximum absolute atomic E-state index is 13.3. The number of imide groups is 2. The van der Waals surface area contributed by atoms with Crippen LogP contribution in [0.3, 0.4) is 0 Å². The topological polar surface area (TPSA) is 136 Å². The molecule has 2 saturated heterocycles. The molecule has 2 aromatic carbocycles. The van der Waals surface area contributed by atoms with Gasteiger partial charge in [-0.05, 0) is 85.4 Å². The molecule has 2 saturated carbocycles. The van der Waals surface area contributed by atoms with Gasteiger partial charge in [0.25, 0.3) is 0 Å². The average Bonchev–Trinajstić information content (AvgIpc) is 3.58. The number of piperidine rings is 1. The van der Waals surface area contributed by atoms with E-state index in [4.69, 9.17) is 9.47 Å². The summed E-state index contributed by atoms with van der Waals surface area (Å²) in [6, 6.07) is 13.9. The zero-order valence-electron chi connectivity index (χ0n) is 27.2. The van der Waals surface area contributed by atoms with Gasteiger partial charge in [0.05, 0.1) is 36.0 Å². The van der Waals surface area contributed by atoms with E-state index in [0.29, 0.717) is 24.3 Å². The van der Waals surface area contributed by atoms with Crippen molar-refractivity contribution in [3.63, 3.8) is 0 Å². The maximum atomic E-state index is 13.3. The van der Waals surface area contributed by atoms with Crippen molar-refractivity contribution in [3.05, 3.63) is 65.7 Å². The molecule has 4 amide bonds. The lowest BCUT2D eigenvalue weighted by Crippen LogP contribution is -2.48. The highest BCUT2D eigenvalue weighted by Crippen LogP contribution is 2.50. The van der Waals surface area contributed by atoms with Gasteiger partial charge in [0.1, 0.15) is 5.75 Å². The Morgan fingerprint density at radius 1 is 0.917 bits per heavy atom. The molecule has 252 valence electrons. The van der Waals surface area contributed by atoms with Crippen LogP contribution in [0.2, 0.25) is 0 Å². The minimum atomic E-state index is -0.743. The summed E-state index contributed by atoms with van der Waals surface area (Å²) in [5.74, 6) is -3.32. The van der Waals surface area contributed by atoms with Crippen molar-refractivity contribution in [2.45, 2.75) is 71.1 Å². The van der Waals surface area contributed by atoms with Gasteiger partial charge in [-0.3, -0.25) is 34.2 Å². The first-order valence-electron chi connectivity index (χ1n) is 17.2. The van der Waals surface area contributed by atoms with Gasteiger partial charge in [-0.1, -0.05) is 50.5 Å². The summed E-state index contributed by atoms with van der Waals surface area (Å²) in [6.45, 7) is 2.35. The number of benzene rings is 2. The zero-order valence-corrected chi connectivity index (χ0v) is 27.2. The lowest BCUT2D eigenvalue weighted by molar-refractivity contribution is -0.142. The number of carbonyl (C=O) groups is 6. The number of amides is 4. The third-order valence-corrected chi connectivity index (χ3v) is 10.4. The largest absolute Gasteiger partial charge is 0.462 e. The smallest absolute Gasteiger partial charge is 0.330 e. The van der Waals surface area contributed by atoms with Gasteiger partial charge in [-0.25, -0.2) is 4.79 Å².